The molecule has 3 aliphatic rings. The van der Waals surface area contributed by atoms with Crippen molar-refractivity contribution in [3.05, 3.63) is 53.6 Å². The van der Waals surface area contributed by atoms with E-state index in [9.17, 15) is 55.9 Å². The van der Waals surface area contributed by atoms with E-state index >= 15 is 0 Å². The number of hydrogen-bond acceptors (Lipinski definition) is 20. The number of phenolic OH excluding ortho intramolecular Hbond substituents is 2. The first-order chi connectivity index (χ1) is 27.2. The van der Waals surface area contributed by atoms with Crippen molar-refractivity contribution in [3.8, 4) is 23.0 Å². The van der Waals surface area contributed by atoms with Crippen LogP contribution >= 0.6 is 0 Å². The number of methoxy groups -OCH3 is 2. The number of aliphatic hydroxyl groups excluding tert-OH is 8. The molecule has 3 heterocycles. The monoisotopic (exact) mass is 814 g/mol. The van der Waals surface area contributed by atoms with E-state index in [0.717, 1.165) is 6.08 Å². The molecule has 15 atom stereocenters. The SMILES string of the molecule is COc1ccc(CCO[C@@H]2O[C@H](CO[C@@H]3O[C@@H](C)[C@H](O)[C@@H](O)[C@H]3O)[C@@H](OC(=O)C=Cc3ccc(O)c(OC)c3)[C@H](O[C@@H]3O[C@H](CO)[C@@H](O)[C@H](O)[C@H]3O)[C@H]2O)cc1O. The molecular weight excluding hydrogens is 764 g/mol. The first-order valence-corrected chi connectivity index (χ1v) is 18.0. The summed E-state index contributed by atoms with van der Waals surface area (Å²) in [6.45, 7) is -0.121. The van der Waals surface area contributed by atoms with Crippen molar-refractivity contribution in [2.24, 2.45) is 0 Å². The predicted octanol–water partition coefficient (Wildman–Crippen LogP) is -2.59. The van der Waals surface area contributed by atoms with Crippen molar-refractivity contribution in [1.29, 1.82) is 0 Å². The number of rotatable bonds is 15. The lowest BCUT2D eigenvalue weighted by atomic mass is 9.96. The molecule has 0 bridgehead atoms. The summed E-state index contributed by atoms with van der Waals surface area (Å²) < 4.78 is 50.8. The standard InChI is InChI=1S/C37H50O20/c1-16-26(42)28(44)30(46)35(53-16)52-15-24-33(56-25(41)9-6-17-4-7-19(39)22(13-17)50-3)34(57-37-31(47)29(45)27(43)23(14-38)54-37)32(48)36(55-24)51-11-10-18-5-8-21(49-2)20(40)12-18/h4-9,12-13,16,23-24,26-40,42-48H,10-11,14-15H2,1-3H3/t16-,23+,24+,26-,27+,28+,29-,30+,31+,32+,33+,34+,35+,36+,37-/m0/s1. The van der Waals surface area contributed by atoms with Crippen LogP contribution in [0.3, 0.4) is 0 Å². The Morgan fingerprint density at radius 2 is 1.37 bits per heavy atom. The molecule has 2 aromatic carbocycles. The first-order valence-electron chi connectivity index (χ1n) is 18.0. The minimum atomic E-state index is -1.95. The van der Waals surface area contributed by atoms with Gasteiger partial charge in [0.1, 0.15) is 61.0 Å². The van der Waals surface area contributed by atoms with E-state index in [0.29, 0.717) is 11.1 Å². The minimum Gasteiger partial charge on any atom is -0.504 e. The Morgan fingerprint density at radius 1 is 0.702 bits per heavy atom. The molecule has 20 nitrogen and oxygen atoms in total. The Balaban J connectivity index is 1.44. The predicted molar refractivity (Wildman–Crippen MR) is 190 cm³/mol. The van der Waals surface area contributed by atoms with E-state index in [1.807, 2.05) is 0 Å². The molecule has 0 amide bonds. The zero-order valence-corrected chi connectivity index (χ0v) is 31.2. The van der Waals surface area contributed by atoms with Gasteiger partial charge in [0.05, 0.1) is 40.1 Å². The van der Waals surface area contributed by atoms with Gasteiger partial charge in [0.25, 0.3) is 0 Å². The average molecular weight is 815 g/mol. The normalized spacial score (nSPS) is 35.9. The van der Waals surface area contributed by atoms with E-state index in [1.54, 1.807) is 12.1 Å². The van der Waals surface area contributed by atoms with Gasteiger partial charge in [0, 0.05) is 6.08 Å². The fourth-order valence-corrected chi connectivity index (χ4v) is 6.46. The van der Waals surface area contributed by atoms with Crippen LogP contribution in [0.25, 0.3) is 6.08 Å². The van der Waals surface area contributed by atoms with Crippen LogP contribution in [0.1, 0.15) is 18.1 Å². The number of carbonyl (C=O) groups is 1. The number of aromatic hydroxyl groups is 2. The summed E-state index contributed by atoms with van der Waals surface area (Å²) in [6, 6.07) is 8.91. The lowest BCUT2D eigenvalue weighted by Gasteiger charge is -2.47. The van der Waals surface area contributed by atoms with Gasteiger partial charge in [-0.15, -0.1) is 0 Å². The molecule has 10 N–H and O–H groups in total. The third-order valence-corrected chi connectivity index (χ3v) is 9.77. The zero-order valence-electron chi connectivity index (χ0n) is 31.2. The second kappa shape index (κ2) is 19.8. The lowest BCUT2D eigenvalue weighted by molar-refractivity contribution is -0.365. The van der Waals surface area contributed by atoms with Gasteiger partial charge in [0.15, 0.2) is 48.0 Å². The van der Waals surface area contributed by atoms with Gasteiger partial charge in [-0.25, -0.2) is 4.79 Å². The van der Waals surface area contributed by atoms with Gasteiger partial charge in [-0.2, -0.15) is 0 Å². The summed E-state index contributed by atoms with van der Waals surface area (Å²) >= 11 is 0. The minimum absolute atomic E-state index is 0.119. The Labute approximate surface area is 326 Å². The van der Waals surface area contributed by atoms with Crippen LogP contribution in [-0.2, 0) is 44.4 Å². The number of aliphatic hydroxyl groups is 8. The zero-order chi connectivity index (χ0) is 41.6. The van der Waals surface area contributed by atoms with E-state index in [4.69, 9.17) is 42.6 Å². The molecule has 0 spiro atoms. The Kier molecular flexibility index (Phi) is 15.4. The van der Waals surface area contributed by atoms with Crippen LogP contribution in [0.2, 0.25) is 0 Å². The molecule has 0 saturated carbocycles. The van der Waals surface area contributed by atoms with Gasteiger partial charge in [-0.3, -0.25) is 0 Å². The third kappa shape index (κ3) is 10.5. The quantitative estimate of drug-likeness (QED) is 0.0652. The number of phenols is 2. The number of benzene rings is 2. The summed E-state index contributed by atoms with van der Waals surface area (Å²) in [5.74, 6) is -0.951. The highest BCUT2D eigenvalue weighted by Gasteiger charge is 2.53. The molecule has 318 valence electrons. The third-order valence-electron chi connectivity index (χ3n) is 9.77. The topological polar surface area (TPSA) is 302 Å². The molecule has 57 heavy (non-hydrogen) atoms. The van der Waals surface area contributed by atoms with Crippen molar-refractivity contribution >= 4 is 12.0 Å². The van der Waals surface area contributed by atoms with Crippen LogP contribution in [-0.4, -0.2) is 183 Å². The molecule has 0 aliphatic carbocycles. The highest BCUT2D eigenvalue weighted by Crippen LogP contribution is 2.33. The summed E-state index contributed by atoms with van der Waals surface area (Å²) in [6.07, 6.45) is -22.1. The molecular formula is C37H50O20. The summed E-state index contributed by atoms with van der Waals surface area (Å²) in [4.78, 5) is 13.4. The fraction of sp³-hybridized carbons (Fsp3) is 0.595. The van der Waals surface area contributed by atoms with Crippen LogP contribution < -0.4 is 9.47 Å². The van der Waals surface area contributed by atoms with E-state index in [2.05, 4.69) is 0 Å². The number of carbonyl (C=O) groups excluding carboxylic acids is 1. The van der Waals surface area contributed by atoms with E-state index in [-0.39, 0.29) is 36.0 Å². The maximum Gasteiger partial charge on any atom is 0.331 e. The second-order valence-electron chi connectivity index (χ2n) is 13.6. The fourth-order valence-electron chi connectivity index (χ4n) is 6.46. The second-order valence-corrected chi connectivity index (χ2v) is 13.6. The van der Waals surface area contributed by atoms with Crippen molar-refractivity contribution in [3.63, 3.8) is 0 Å². The number of esters is 1. The highest BCUT2D eigenvalue weighted by molar-refractivity contribution is 5.87. The average Bonchev–Trinajstić information content (AvgIpc) is 3.20. The van der Waals surface area contributed by atoms with E-state index < -0.39 is 111 Å². The summed E-state index contributed by atoms with van der Waals surface area (Å²) in [7, 11) is 2.73. The van der Waals surface area contributed by atoms with Gasteiger partial charge in [-0.1, -0.05) is 12.1 Å². The maximum atomic E-state index is 13.4. The first kappa shape index (κ1) is 44.4. The van der Waals surface area contributed by atoms with Crippen molar-refractivity contribution in [1.82, 2.24) is 0 Å². The molecule has 5 rings (SSSR count). The molecule has 3 saturated heterocycles. The Hall–Kier alpha value is -3.71. The Morgan fingerprint density at radius 3 is 2.05 bits per heavy atom. The van der Waals surface area contributed by atoms with Crippen molar-refractivity contribution in [2.75, 3.05) is 34.0 Å². The summed E-state index contributed by atoms with van der Waals surface area (Å²) in [5.41, 5.74) is 1.02. The van der Waals surface area contributed by atoms with Gasteiger partial charge < -0.3 is 93.7 Å². The molecule has 2 aromatic rings. The largest absolute Gasteiger partial charge is 0.504 e. The van der Waals surface area contributed by atoms with Gasteiger partial charge >= 0.3 is 5.97 Å². The molecule has 0 unspecified atom stereocenters. The van der Waals surface area contributed by atoms with Crippen molar-refractivity contribution < 1.29 is 98.5 Å². The Bertz CT molecular complexity index is 1640. The molecule has 0 radical (unpaired) electrons. The molecule has 3 aliphatic heterocycles. The van der Waals surface area contributed by atoms with Gasteiger partial charge in [0.2, 0.25) is 0 Å². The van der Waals surface area contributed by atoms with Crippen LogP contribution in [0.4, 0.5) is 0 Å². The van der Waals surface area contributed by atoms with Crippen LogP contribution in [0.15, 0.2) is 42.5 Å². The van der Waals surface area contributed by atoms with Crippen LogP contribution in [0, 0.1) is 0 Å². The molecule has 3 fully saturated rings. The van der Waals surface area contributed by atoms with E-state index in [1.165, 1.54) is 51.5 Å². The summed E-state index contributed by atoms with van der Waals surface area (Å²) in [5, 5.41) is 104. The maximum absolute atomic E-state index is 13.4. The van der Waals surface area contributed by atoms with Crippen LogP contribution in [0.5, 0.6) is 23.0 Å². The number of ether oxygens (including phenoxy) is 9. The number of hydrogen-bond donors (Lipinski definition) is 10. The molecule has 0 aromatic heterocycles. The lowest BCUT2D eigenvalue weighted by Crippen LogP contribution is -2.66. The van der Waals surface area contributed by atoms with Crippen molar-refractivity contribution in [2.45, 2.75) is 105 Å². The molecule has 20 heteroatoms. The van der Waals surface area contributed by atoms with Gasteiger partial charge in [-0.05, 0) is 54.8 Å². The smallest absolute Gasteiger partial charge is 0.331 e. The highest BCUT2D eigenvalue weighted by atomic mass is 16.8.